The molecule has 0 bridgehead atoms. The van der Waals surface area contributed by atoms with Crippen molar-refractivity contribution in [3.05, 3.63) is 0 Å². The van der Waals surface area contributed by atoms with Gasteiger partial charge in [0, 0.05) is 6.04 Å². The molecule has 2 fully saturated rings. The molecular weight excluding hydrogens is 225 g/mol. The molecule has 0 amide bonds. The van der Waals surface area contributed by atoms with Crippen molar-refractivity contribution in [2.45, 2.75) is 57.3 Å². The van der Waals surface area contributed by atoms with Crippen LogP contribution >= 0.6 is 0 Å². The maximum atomic E-state index is 11.3. The van der Waals surface area contributed by atoms with E-state index < -0.39 is 5.97 Å². The number of aliphatic carboxylic acids is 1. The summed E-state index contributed by atoms with van der Waals surface area (Å²) in [5.41, 5.74) is 0. The van der Waals surface area contributed by atoms with Crippen LogP contribution in [0, 0.1) is 17.8 Å². The minimum Gasteiger partial charge on any atom is -0.481 e. The maximum absolute atomic E-state index is 11.3. The van der Waals surface area contributed by atoms with Crippen LogP contribution in [0.2, 0.25) is 6.32 Å². The molecule has 2 aliphatic rings. The monoisotopic (exact) mass is 249 g/mol. The predicted molar refractivity (Wildman–Crippen MR) is 72.8 cm³/mol. The van der Waals surface area contributed by atoms with E-state index in [1.165, 1.54) is 19.3 Å². The zero-order valence-corrected chi connectivity index (χ0v) is 11.1. The Labute approximate surface area is 111 Å². The normalized spacial score (nSPS) is 32.3. The second kappa shape index (κ2) is 6.60. The minimum absolute atomic E-state index is 0.134. The molecule has 2 rings (SSSR count). The smallest absolute Gasteiger partial charge is 0.306 e. The molecule has 0 heterocycles. The van der Waals surface area contributed by atoms with Crippen molar-refractivity contribution < 1.29 is 9.90 Å². The van der Waals surface area contributed by atoms with E-state index in [-0.39, 0.29) is 5.92 Å². The Balaban J connectivity index is 1.77. The Kier molecular flexibility index (Phi) is 5.10. The van der Waals surface area contributed by atoms with Crippen LogP contribution in [0.4, 0.5) is 0 Å². The maximum Gasteiger partial charge on any atom is 0.306 e. The highest BCUT2D eigenvalue weighted by Crippen LogP contribution is 2.39. The van der Waals surface area contributed by atoms with Crippen LogP contribution in [-0.4, -0.2) is 31.5 Å². The molecule has 3 nitrogen and oxygen atoms in total. The van der Waals surface area contributed by atoms with Crippen LogP contribution in [0.1, 0.15) is 44.9 Å². The van der Waals surface area contributed by atoms with E-state index in [1.807, 2.05) is 0 Å². The molecular formula is C14H24BNO2. The van der Waals surface area contributed by atoms with Crippen LogP contribution in [0.3, 0.4) is 0 Å². The zero-order valence-electron chi connectivity index (χ0n) is 11.1. The van der Waals surface area contributed by atoms with Crippen LogP contribution in [0.15, 0.2) is 0 Å². The lowest BCUT2D eigenvalue weighted by atomic mass is 9.88. The second-order valence-electron chi connectivity index (χ2n) is 6.01. The van der Waals surface area contributed by atoms with Crippen molar-refractivity contribution in [3.8, 4) is 0 Å². The highest BCUT2D eigenvalue weighted by molar-refractivity contribution is 6.08. The first kappa shape index (κ1) is 13.9. The third-order valence-electron chi connectivity index (χ3n) is 4.69. The van der Waals surface area contributed by atoms with E-state index in [2.05, 4.69) is 5.32 Å². The van der Waals surface area contributed by atoms with Gasteiger partial charge in [0.1, 0.15) is 0 Å². The minimum atomic E-state index is -0.608. The van der Waals surface area contributed by atoms with Gasteiger partial charge < -0.3 is 10.4 Å². The van der Waals surface area contributed by atoms with Crippen LogP contribution < -0.4 is 5.32 Å². The van der Waals surface area contributed by atoms with Gasteiger partial charge in [-0.15, -0.1) is 0 Å². The lowest BCUT2D eigenvalue weighted by Crippen LogP contribution is -2.37. The quantitative estimate of drug-likeness (QED) is 0.680. The van der Waals surface area contributed by atoms with Crippen LogP contribution in [-0.2, 0) is 4.79 Å². The fourth-order valence-electron chi connectivity index (χ4n) is 3.35. The highest BCUT2D eigenvalue weighted by Gasteiger charge is 2.38. The number of rotatable bonds is 7. The van der Waals surface area contributed by atoms with E-state index in [4.69, 9.17) is 7.85 Å². The number of nitrogens with one attached hydrogen (secondary N) is 1. The lowest BCUT2D eigenvalue weighted by molar-refractivity contribution is -0.143. The van der Waals surface area contributed by atoms with Crippen molar-refractivity contribution >= 4 is 13.8 Å². The van der Waals surface area contributed by atoms with Gasteiger partial charge in [0.15, 0.2) is 0 Å². The Bertz CT molecular complexity index is 281. The number of carboxylic acids is 1. The first-order valence-electron chi connectivity index (χ1n) is 7.37. The number of carbonyl (C=O) groups is 1. The van der Waals surface area contributed by atoms with Gasteiger partial charge in [-0.3, -0.25) is 4.79 Å². The Hall–Kier alpha value is -0.505. The van der Waals surface area contributed by atoms with E-state index in [0.29, 0.717) is 24.2 Å². The number of carboxylic acid groups (broad SMARTS) is 1. The molecule has 0 spiro atoms. The summed E-state index contributed by atoms with van der Waals surface area (Å²) in [5, 5.41) is 12.9. The molecule has 2 aliphatic carbocycles. The van der Waals surface area contributed by atoms with Gasteiger partial charge in [-0.2, -0.15) is 0 Å². The molecule has 0 aromatic heterocycles. The molecule has 0 saturated heterocycles. The molecule has 18 heavy (non-hydrogen) atoms. The first-order valence-corrected chi connectivity index (χ1v) is 7.37. The van der Waals surface area contributed by atoms with E-state index >= 15 is 0 Å². The lowest BCUT2D eigenvalue weighted by Gasteiger charge is -2.28. The summed E-state index contributed by atoms with van der Waals surface area (Å²) in [6, 6.07) is 0.705. The van der Waals surface area contributed by atoms with Gasteiger partial charge in [-0.1, -0.05) is 25.6 Å². The highest BCUT2D eigenvalue weighted by atomic mass is 16.4. The second-order valence-corrected chi connectivity index (χ2v) is 6.01. The van der Waals surface area contributed by atoms with Crippen molar-refractivity contribution in [1.82, 2.24) is 5.32 Å². The van der Waals surface area contributed by atoms with Gasteiger partial charge in [-0.25, -0.2) is 0 Å². The van der Waals surface area contributed by atoms with Gasteiger partial charge >= 0.3 is 5.97 Å². The topological polar surface area (TPSA) is 49.3 Å². The molecule has 4 heteroatoms. The van der Waals surface area contributed by atoms with E-state index in [9.17, 15) is 9.90 Å². The predicted octanol–water partition coefficient (Wildman–Crippen LogP) is 2.22. The van der Waals surface area contributed by atoms with Crippen LogP contribution in [0.5, 0.6) is 0 Å². The molecule has 3 atom stereocenters. The Morgan fingerprint density at radius 1 is 1.33 bits per heavy atom. The van der Waals surface area contributed by atoms with Crippen molar-refractivity contribution in [3.63, 3.8) is 0 Å². The molecule has 0 unspecified atom stereocenters. The number of hydrogen-bond acceptors (Lipinski definition) is 2. The fraction of sp³-hybridized carbons (Fsp3) is 0.929. The summed E-state index contributed by atoms with van der Waals surface area (Å²) < 4.78 is 0. The average Bonchev–Trinajstić information content (AvgIpc) is 2.68. The summed E-state index contributed by atoms with van der Waals surface area (Å²) in [4.78, 5) is 11.3. The van der Waals surface area contributed by atoms with Crippen molar-refractivity contribution in [2.75, 3.05) is 6.54 Å². The fourth-order valence-corrected chi connectivity index (χ4v) is 3.35. The molecule has 0 aromatic carbocycles. The standard InChI is InChI=1S/C14H24BNO2/c15-6-2-3-11-7-10(8-13(11)14(17)18)9-16-12-4-1-5-12/h10-13,16H,1-9H2,(H,17,18)/t10-,11-,13+/m0/s1. The molecule has 2 radical (unpaired) electrons. The Morgan fingerprint density at radius 3 is 2.67 bits per heavy atom. The molecule has 0 aliphatic heterocycles. The molecule has 2 N–H and O–H groups in total. The molecule has 0 aromatic rings. The van der Waals surface area contributed by atoms with Crippen LogP contribution in [0.25, 0.3) is 0 Å². The van der Waals surface area contributed by atoms with E-state index in [0.717, 1.165) is 32.2 Å². The summed E-state index contributed by atoms with van der Waals surface area (Å²) in [5.74, 6) is 0.154. The molecule has 100 valence electrons. The van der Waals surface area contributed by atoms with Crippen molar-refractivity contribution in [1.29, 1.82) is 0 Å². The third kappa shape index (κ3) is 3.50. The third-order valence-corrected chi connectivity index (χ3v) is 4.69. The summed E-state index contributed by atoms with van der Waals surface area (Å²) in [7, 11) is 5.53. The summed E-state index contributed by atoms with van der Waals surface area (Å²) >= 11 is 0. The van der Waals surface area contributed by atoms with Crippen molar-refractivity contribution in [2.24, 2.45) is 17.8 Å². The van der Waals surface area contributed by atoms with Gasteiger partial charge in [0.05, 0.1) is 13.8 Å². The SMILES string of the molecule is [B]CCC[C@H]1C[C@H](CNC2CCC2)C[C@H]1C(=O)O. The Morgan fingerprint density at radius 2 is 2.11 bits per heavy atom. The van der Waals surface area contributed by atoms with Gasteiger partial charge in [0.2, 0.25) is 0 Å². The average molecular weight is 249 g/mol. The number of hydrogen-bond donors (Lipinski definition) is 2. The van der Waals surface area contributed by atoms with E-state index in [1.54, 1.807) is 0 Å². The molecule has 2 saturated carbocycles. The summed E-state index contributed by atoms with van der Waals surface area (Å²) in [6.07, 6.45) is 8.47. The van der Waals surface area contributed by atoms with Gasteiger partial charge in [0.25, 0.3) is 0 Å². The first-order chi connectivity index (χ1) is 8.70. The summed E-state index contributed by atoms with van der Waals surface area (Å²) in [6.45, 7) is 1.01. The van der Waals surface area contributed by atoms with Gasteiger partial charge in [-0.05, 0) is 44.1 Å². The zero-order chi connectivity index (χ0) is 13.0. The largest absolute Gasteiger partial charge is 0.481 e.